The molecule has 322 valence electrons. The van der Waals surface area contributed by atoms with E-state index in [-0.39, 0.29) is 26.5 Å². The molecule has 0 atom stereocenters. The standard InChI is InChI=1S/C59H43BN6.Pt/c1-59(2,3)42-34-36-62-55(37-42)65-51-28-16-14-26-47(51)49-33-31-44(39-53(49)65)60(43-30-32-48-46-25-13-15-27-50(46)64(52(48)38-43)54-29-17-18-35-61-54)56-57(40-19-7-4-8-20-40)63-66(45-23-11-6-12-24-45)58(56)41-21-9-5-10-22-41;/h4-37H,1-3H3;/q-2;+2. The van der Waals surface area contributed by atoms with Crippen LogP contribution in [0.15, 0.2) is 207 Å². The van der Waals surface area contributed by atoms with Crippen molar-refractivity contribution in [1.29, 1.82) is 0 Å². The molecule has 0 saturated heterocycles. The number of aromatic nitrogens is 6. The van der Waals surface area contributed by atoms with E-state index in [9.17, 15) is 0 Å². The van der Waals surface area contributed by atoms with Crippen LogP contribution in [0.2, 0.25) is 0 Å². The quantitative estimate of drug-likeness (QED) is 0.113. The summed E-state index contributed by atoms with van der Waals surface area (Å²) in [6.07, 6.45) is 3.79. The molecule has 67 heavy (non-hydrogen) atoms. The first kappa shape index (κ1) is 42.1. The molecule has 0 aliphatic rings. The van der Waals surface area contributed by atoms with Gasteiger partial charge in [-0.25, -0.2) is 14.6 Å². The molecule has 5 aromatic heterocycles. The Morgan fingerprint density at radius 3 is 1.58 bits per heavy atom. The van der Waals surface area contributed by atoms with Crippen molar-refractivity contribution in [3.05, 3.63) is 224 Å². The molecule has 12 aromatic rings. The van der Waals surface area contributed by atoms with Crippen LogP contribution in [0.3, 0.4) is 0 Å². The van der Waals surface area contributed by atoms with Crippen LogP contribution < -0.4 is 16.4 Å². The maximum absolute atomic E-state index is 5.61. The Morgan fingerprint density at radius 1 is 0.478 bits per heavy atom. The summed E-state index contributed by atoms with van der Waals surface area (Å²) in [5, 5.41) is 10.1. The van der Waals surface area contributed by atoms with E-state index in [1.165, 1.54) is 5.56 Å². The molecule has 0 bridgehead atoms. The van der Waals surface area contributed by atoms with Gasteiger partial charge in [0.25, 0.3) is 0 Å². The molecule has 0 spiro atoms. The summed E-state index contributed by atoms with van der Waals surface area (Å²) in [5.41, 5.74) is 13.2. The molecule has 0 N–H and O–H groups in total. The second kappa shape index (κ2) is 17.0. The fourth-order valence-electron chi connectivity index (χ4n) is 9.74. The Labute approximate surface area is 404 Å². The number of pyridine rings is 2. The van der Waals surface area contributed by atoms with Gasteiger partial charge in [-0.2, -0.15) is 52.4 Å². The molecule has 0 unspecified atom stereocenters. The molecule has 0 amide bonds. The van der Waals surface area contributed by atoms with Gasteiger partial charge in [-0.3, -0.25) is 0 Å². The molecule has 0 saturated carbocycles. The molecule has 8 heteroatoms. The number of fused-ring (bicyclic) bond motifs is 6. The molecule has 0 fully saturated rings. The first-order valence-electron chi connectivity index (χ1n) is 22.5. The smallest absolute Gasteiger partial charge is 0.319 e. The fourth-order valence-corrected chi connectivity index (χ4v) is 9.74. The Kier molecular flexibility index (Phi) is 10.7. The van der Waals surface area contributed by atoms with E-state index in [0.717, 1.165) is 99.8 Å². The van der Waals surface area contributed by atoms with E-state index in [2.05, 4.69) is 229 Å². The molecule has 12 rings (SSSR count). The zero-order valence-corrected chi connectivity index (χ0v) is 39.5. The zero-order chi connectivity index (χ0) is 44.4. The molecular formula is C59H43BN6Pt. The third-order valence-electron chi connectivity index (χ3n) is 12.9. The molecule has 7 aromatic carbocycles. The first-order valence-corrected chi connectivity index (χ1v) is 22.5. The second-order valence-electron chi connectivity index (χ2n) is 17.9. The van der Waals surface area contributed by atoms with Crippen LogP contribution in [0.1, 0.15) is 26.3 Å². The summed E-state index contributed by atoms with van der Waals surface area (Å²) in [6, 6.07) is 76.6. The third-order valence-corrected chi connectivity index (χ3v) is 12.9. The van der Waals surface area contributed by atoms with Gasteiger partial charge in [-0.05, 0) is 81.3 Å². The predicted molar refractivity (Wildman–Crippen MR) is 273 cm³/mol. The maximum Gasteiger partial charge on any atom is 2.00 e. The fraction of sp³-hybridized carbons (Fsp3) is 0.0678. The largest absolute Gasteiger partial charge is 2.00 e. The number of hydrogen-bond donors (Lipinski definition) is 0. The second-order valence-corrected chi connectivity index (χ2v) is 17.9. The van der Waals surface area contributed by atoms with Crippen LogP contribution in [-0.4, -0.2) is 35.6 Å². The van der Waals surface area contributed by atoms with Gasteiger partial charge in [0.15, 0.2) is 6.71 Å². The van der Waals surface area contributed by atoms with Crippen LogP contribution in [0.5, 0.6) is 0 Å². The van der Waals surface area contributed by atoms with E-state index in [1.54, 1.807) is 0 Å². The Balaban J connectivity index is 0.00000494. The van der Waals surface area contributed by atoms with Gasteiger partial charge in [0.2, 0.25) is 0 Å². The number of para-hydroxylation sites is 3. The maximum atomic E-state index is 5.61. The summed E-state index contributed by atoms with van der Waals surface area (Å²) in [6.45, 7) is 6.34. The van der Waals surface area contributed by atoms with Crippen LogP contribution >= 0.6 is 0 Å². The van der Waals surface area contributed by atoms with Crippen molar-refractivity contribution < 1.29 is 21.1 Å². The predicted octanol–water partition coefficient (Wildman–Crippen LogP) is 11.6. The summed E-state index contributed by atoms with van der Waals surface area (Å²) < 4.78 is 6.66. The van der Waals surface area contributed by atoms with E-state index < -0.39 is 6.71 Å². The van der Waals surface area contributed by atoms with Gasteiger partial charge < -0.3 is 9.13 Å². The molecule has 5 heterocycles. The van der Waals surface area contributed by atoms with Crippen molar-refractivity contribution in [1.82, 2.24) is 28.9 Å². The van der Waals surface area contributed by atoms with Crippen molar-refractivity contribution in [2.75, 3.05) is 0 Å². The van der Waals surface area contributed by atoms with Crippen molar-refractivity contribution in [2.45, 2.75) is 26.2 Å². The van der Waals surface area contributed by atoms with Crippen LogP contribution in [0.4, 0.5) is 0 Å². The molecule has 0 aliphatic carbocycles. The normalized spacial score (nSPS) is 11.7. The zero-order valence-electron chi connectivity index (χ0n) is 37.2. The minimum atomic E-state index is -0.405. The van der Waals surface area contributed by atoms with Gasteiger partial charge in [0, 0.05) is 29.0 Å². The Hall–Kier alpha value is -7.60. The average molecular weight is 1040 g/mol. The van der Waals surface area contributed by atoms with Gasteiger partial charge >= 0.3 is 21.1 Å². The van der Waals surface area contributed by atoms with Crippen molar-refractivity contribution in [3.8, 4) is 39.8 Å². The van der Waals surface area contributed by atoms with Crippen molar-refractivity contribution in [3.63, 3.8) is 0 Å². The summed E-state index contributed by atoms with van der Waals surface area (Å²) >= 11 is 0. The van der Waals surface area contributed by atoms with Crippen molar-refractivity contribution >= 4 is 66.7 Å². The SMILES string of the molecule is CC(C)(C)c1ccnc(-n2c3[c-]c(B(c4[c-]c5c(cc4)c4ccccc4n5-c4ccccn4)c4c(-c5ccccc5)nn(-c5ccccc5)c4-c4ccccc4)ccc3c3ccccc32)c1.[Pt+2]. The topological polar surface area (TPSA) is 53.5 Å². The average Bonchev–Trinajstić information content (AvgIpc) is 4.03. The minimum Gasteiger partial charge on any atom is -0.319 e. The van der Waals surface area contributed by atoms with Crippen molar-refractivity contribution in [2.24, 2.45) is 0 Å². The van der Waals surface area contributed by atoms with E-state index >= 15 is 0 Å². The van der Waals surface area contributed by atoms with E-state index in [0.29, 0.717) is 0 Å². The molecule has 0 aliphatic heterocycles. The molecule has 0 radical (unpaired) electrons. The van der Waals surface area contributed by atoms with Gasteiger partial charge in [0.1, 0.15) is 11.6 Å². The molecule has 6 nitrogen and oxygen atoms in total. The van der Waals surface area contributed by atoms with E-state index in [4.69, 9.17) is 15.1 Å². The van der Waals surface area contributed by atoms with Gasteiger partial charge in [0.05, 0.1) is 17.1 Å². The number of hydrogen-bond acceptors (Lipinski definition) is 3. The first-order chi connectivity index (χ1) is 32.4. The minimum absolute atomic E-state index is 0. The Morgan fingerprint density at radius 2 is 1.00 bits per heavy atom. The number of benzene rings is 7. The number of nitrogens with zero attached hydrogens (tertiary/aromatic N) is 6. The van der Waals surface area contributed by atoms with Gasteiger partial charge in [-0.15, -0.1) is 10.8 Å². The summed E-state index contributed by atoms with van der Waals surface area (Å²) in [5.74, 6) is 1.70. The van der Waals surface area contributed by atoms with Crippen LogP contribution in [0.25, 0.3) is 83.4 Å². The molecular weight excluding hydrogens is 999 g/mol. The van der Waals surface area contributed by atoms with Gasteiger partial charge in [-0.1, -0.05) is 153 Å². The van der Waals surface area contributed by atoms with E-state index in [1.807, 2.05) is 24.5 Å². The Bertz CT molecular complexity index is 3740. The summed E-state index contributed by atoms with van der Waals surface area (Å²) in [7, 11) is 0. The van der Waals surface area contributed by atoms with Crippen LogP contribution in [0, 0.1) is 12.1 Å². The monoisotopic (exact) mass is 1040 g/mol. The van der Waals surface area contributed by atoms with Crippen LogP contribution in [-0.2, 0) is 26.5 Å². The summed E-state index contributed by atoms with van der Waals surface area (Å²) in [4.78, 5) is 9.93. The number of rotatable bonds is 8. The third kappa shape index (κ3) is 7.22.